The fourth-order valence-corrected chi connectivity index (χ4v) is 4.07. The lowest BCUT2D eigenvalue weighted by atomic mass is 10.0. The number of aromatic nitrogens is 2. The summed E-state index contributed by atoms with van der Waals surface area (Å²) in [6, 6.07) is 17.7. The number of carbonyl (C=O) groups is 1. The van der Waals surface area contributed by atoms with Crippen molar-refractivity contribution in [3.8, 4) is 17.0 Å². The molecule has 7 heteroatoms. The van der Waals surface area contributed by atoms with Gasteiger partial charge in [-0.25, -0.2) is 0 Å². The zero-order valence-electron chi connectivity index (χ0n) is 19.6. The number of benzene rings is 2. The van der Waals surface area contributed by atoms with Crippen LogP contribution in [0.3, 0.4) is 0 Å². The van der Waals surface area contributed by atoms with E-state index in [-0.39, 0.29) is 11.4 Å². The number of methoxy groups -OCH3 is 1. The number of rotatable bonds is 8. The average Bonchev–Trinajstić information content (AvgIpc) is 3.27. The van der Waals surface area contributed by atoms with Gasteiger partial charge < -0.3 is 14.8 Å². The molecule has 7 nitrogen and oxygen atoms in total. The van der Waals surface area contributed by atoms with Gasteiger partial charge in [0.15, 0.2) is 0 Å². The van der Waals surface area contributed by atoms with Crippen molar-refractivity contribution in [2.45, 2.75) is 25.9 Å². The van der Waals surface area contributed by atoms with Gasteiger partial charge >= 0.3 is 0 Å². The molecule has 174 valence electrons. The first-order valence-electron chi connectivity index (χ1n) is 11.3. The third-order valence-corrected chi connectivity index (χ3v) is 6.11. The molecule has 1 aliphatic heterocycles. The Labute approximate surface area is 195 Å². The second-order valence-electron chi connectivity index (χ2n) is 8.90. The minimum atomic E-state index is -0.167. The first-order chi connectivity index (χ1) is 16.0. The van der Waals surface area contributed by atoms with Crippen molar-refractivity contribution >= 4 is 5.91 Å². The normalized spacial score (nSPS) is 14.8. The van der Waals surface area contributed by atoms with Crippen LogP contribution < -0.4 is 10.1 Å². The van der Waals surface area contributed by atoms with Gasteiger partial charge in [-0.3, -0.25) is 14.4 Å². The molecule has 0 radical (unpaired) electrons. The fourth-order valence-electron chi connectivity index (χ4n) is 4.07. The van der Waals surface area contributed by atoms with Gasteiger partial charge in [0.25, 0.3) is 5.91 Å². The van der Waals surface area contributed by atoms with Crippen molar-refractivity contribution in [3.05, 3.63) is 71.9 Å². The van der Waals surface area contributed by atoms with Crippen molar-refractivity contribution in [2.75, 3.05) is 40.0 Å². The van der Waals surface area contributed by atoms with E-state index < -0.39 is 0 Å². The number of amides is 1. The summed E-state index contributed by atoms with van der Waals surface area (Å²) in [5.74, 6) is 0.641. The smallest absolute Gasteiger partial charge is 0.255 e. The topological polar surface area (TPSA) is 68.6 Å². The van der Waals surface area contributed by atoms with Gasteiger partial charge in [0, 0.05) is 36.9 Å². The Morgan fingerprint density at radius 3 is 2.45 bits per heavy atom. The Bertz CT molecular complexity index is 1050. The number of carbonyl (C=O) groups excluding carboxylic acids is 1. The van der Waals surface area contributed by atoms with Gasteiger partial charge in [-0.15, -0.1) is 0 Å². The quantitative estimate of drug-likeness (QED) is 0.572. The first-order valence-corrected chi connectivity index (χ1v) is 11.3. The van der Waals surface area contributed by atoms with Crippen molar-refractivity contribution < 1.29 is 14.3 Å². The maximum Gasteiger partial charge on any atom is 0.255 e. The van der Waals surface area contributed by atoms with E-state index >= 15 is 0 Å². The molecule has 1 fully saturated rings. The second kappa shape index (κ2) is 10.2. The molecule has 3 aromatic rings. The molecular weight excluding hydrogens is 416 g/mol. The Morgan fingerprint density at radius 1 is 1.09 bits per heavy atom. The SMILES string of the molecule is COc1ccc(-c2nn(Cc3ccccc3)cc2C(=O)NCC(C)(C)N2CCOCC2)cc1. The van der Waals surface area contributed by atoms with Gasteiger partial charge in [-0.2, -0.15) is 5.10 Å². The third-order valence-electron chi connectivity index (χ3n) is 6.11. The molecule has 1 aromatic heterocycles. The maximum absolute atomic E-state index is 13.3. The minimum Gasteiger partial charge on any atom is -0.497 e. The van der Waals surface area contributed by atoms with Gasteiger partial charge in [0.1, 0.15) is 11.4 Å². The lowest BCUT2D eigenvalue weighted by molar-refractivity contribution is -0.00923. The highest BCUT2D eigenvalue weighted by molar-refractivity contribution is 5.99. The zero-order valence-corrected chi connectivity index (χ0v) is 19.6. The van der Waals surface area contributed by atoms with Gasteiger partial charge in [0.05, 0.1) is 32.4 Å². The Balaban J connectivity index is 1.56. The lowest BCUT2D eigenvalue weighted by Gasteiger charge is -2.40. The highest BCUT2D eigenvalue weighted by Gasteiger charge is 2.29. The lowest BCUT2D eigenvalue weighted by Crippen LogP contribution is -2.55. The molecule has 4 rings (SSSR count). The maximum atomic E-state index is 13.3. The number of hydrogen-bond donors (Lipinski definition) is 1. The minimum absolute atomic E-state index is 0.124. The van der Waals surface area contributed by atoms with Crippen LogP contribution in [0.2, 0.25) is 0 Å². The van der Waals surface area contributed by atoms with Crippen LogP contribution in [0.4, 0.5) is 0 Å². The van der Waals surface area contributed by atoms with E-state index in [9.17, 15) is 4.79 Å². The molecule has 0 spiro atoms. The summed E-state index contributed by atoms with van der Waals surface area (Å²) in [4.78, 5) is 15.7. The van der Waals surface area contributed by atoms with Gasteiger partial charge in [-0.05, 0) is 43.7 Å². The van der Waals surface area contributed by atoms with Gasteiger partial charge in [-0.1, -0.05) is 30.3 Å². The van der Waals surface area contributed by atoms with E-state index in [0.29, 0.717) is 24.3 Å². The predicted octanol–water partition coefficient (Wildman–Crippen LogP) is 3.45. The number of hydrogen-bond acceptors (Lipinski definition) is 5. The highest BCUT2D eigenvalue weighted by atomic mass is 16.5. The summed E-state index contributed by atoms with van der Waals surface area (Å²) in [6.07, 6.45) is 1.84. The van der Waals surface area contributed by atoms with Crippen LogP contribution >= 0.6 is 0 Å². The Hall–Kier alpha value is -3.16. The van der Waals surface area contributed by atoms with Crippen LogP contribution in [-0.2, 0) is 11.3 Å². The van der Waals surface area contributed by atoms with E-state index in [2.05, 4.69) is 36.2 Å². The standard InChI is InChI=1S/C26H32N4O3/c1-26(2,29-13-15-33-16-14-29)19-27-25(31)23-18-30(17-20-7-5-4-6-8-20)28-24(23)21-9-11-22(32-3)12-10-21/h4-12,18H,13-17,19H2,1-3H3,(H,27,31). The molecule has 0 saturated carbocycles. The third kappa shape index (κ3) is 5.61. The molecule has 33 heavy (non-hydrogen) atoms. The number of nitrogens with zero attached hydrogens (tertiary/aromatic N) is 3. The molecule has 0 atom stereocenters. The molecule has 2 aromatic carbocycles. The fraction of sp³-hybridized carbons (Fsp3) is 0.385. The summed E-state index contributed by atoms with van der Waals surface area (Å²) in [5, 5.41) is 7.92. The van der Waals surface area contributed by atoms with Crippen LogP contribution in [0, 0.1) is 0 Å². The molecule has 1 aliphatic rings. The molecule has 1 saturated heterocycles. The molecule has 2 heterocycles. The first kappa shape index (κ1) is 23.0. The molecule has 1 amide bonds. The second-order valence-corrected chi connectivity index (χ2v) is 8.90. The molecule has 1 N–H and O–H groups in total. The average molecular weight is 449 g/mol. The number of ether oxygens (including phenoxy) is 2. The summed E-state index contributed by atoms with van der Waals surface area (Å²) < 4.78 is 12.6. The van der Waals surface area contributed by atoms with Crippen molar-refractivity contribution in [2.24, 2.45) is 0 Å². The molecule has 0 unspecified atom stereocenters. The van der Waals surface area contributed by atoms with Crippen LogP contribution in [0.5, 0.6) is 5.75 Å². The van der Waals surface area contributed by atoms with Crippen molar-refractivity contribution in [1.82, 2.24) is 20.0 Å². The van der Waals surface area contributed by atoms with Crippen LogP contribution in [-0.4, -0.2) is 66.1 Å². The van der Waals surface area contributed by atoms with E-state index in [1.54, 1.807) is 7.11 Å². The zero-order chi connectivity index (χ0) is 23.3. The van der Waals surface area contributed by atoms with Crippen LogP contribution in [0.25, 0.3) is 11.3 Å². The monoisotopic (exact) mass is 448 g/mol. The summed E-state index contributed by atoms with van der Waals surface area (Å²) in [7, 11) is 1.64. The van der Waals surface area contributed by atoms with Crippen LogP contribution in [0.1, 0.15) is 29.8 Å². The number of morpholine rings is 1. The largest absolute Gasteiger partial charge is 0.497 e. The van der Waals surface area contributed by atoms with E-state index in [4.69, 9.17) is 14.6 Å². The Kier molecular flexibility index (Phi) is 7.11. The molecular formula is C26H32N4O3. The highest BCUT2D eigenvalue weighted by Crippen LogP contribution is 2.25. The van der Waals surface area contributed by atoms with Crippen LogP contribution in [0.15, 0.2) is 60.8 Å². The number of nitrogens with one attached hydrogen (secondary N) is 1. The van der Waals surface area contributed by atoms with Crippen molar-refractivity contribution in [3.63, 3.8) is 0 Å². The Morgan fingerprint density at radius 2 is 1.79 bits per heavy atom. The summed E-state index contributed by atoms with van der Waals surface area (Å²) >= 11 is 0. The van der Waals surface area contributed by atoms with Gasteiger partial charge in [0.2, 0.25) is 0 Å². The van der Waals surface area contributed by atoms with E-state index in [0.717, 1.165) is 43.2 Å². The molecule has 0 aliphatic carbocycles. The predicted molar refractivity (Wildman–Crippen MR) is 129 cm³/mol. The van der Waals surface area contributed by atoms with E-state index in [1.165, 1.54) is 0 Å². The molecule has 0 bridgehead atoms. The summed E-state index contributed by atoms with van der Waals surface area (Å²) in [5.41, 5.74) is 3.06. The van der Waals surface area contributed by atoms with E-state index in [1.807, 2.05) is 53.3 Å². The summed E-state index contributed by atoms with van der Waals surface area (Å²) in [6.45, 7) is 8.64. The van der Waals surface area contributed by atoms with Crippen molar-refractivity contribution in [1.29, 1.82) is 0 Å².